The van der Waals surface area contributed by atoms with Crippen molar-refractivity contribution in [1.82, 2.24) is 20.4 Å². The predicted octanol–water partition coefficient (Wildman–Crippen LogP) is -2.91. The van der Waals surface area contributed by atoms with E-state index in [0.29, 0.717) is 46.2 Å². The van der Waals surface area contributed by atoms with E-state index in [9.17, 15) is 48.9 Å². The quantitative estimate of drug-likeness (QED) is 0.0915. The van der Waals surface area contributed by atoms with Gasteiger partial charge in [-0.05, 0) is 80.2 Å². The van der Waals surface area contributed by atoms with E-state index in [1.807, 2.05) is 0 Å². The van der Waals surface area contributed by atoms with Gasteiger partial charge in [-0.3, -0.25) is 19.2 Å². The van der Waals surface area contributed by atoms with Crippen molar-refractivity contribution < 1.29 is 87.2 Å². The Hall–Kier alpha value is -5.33. The second-order valence-electron chi connectivity index (χ2n) is 13.8. The third kappa shape index (κ3) is 7.85. The molecule has 7 rings (SSSR count). The van der Waals surface area contributed by atoms with Crippen molar-refractivity contribution in [2.75, 3.05) is 14.1 Å². The fraction of sp³-hybridized carbons (Fsp3) is 0.359. The molecule has 4 aliphatic rings. The molecule has 2 fully saturated rings. The number of carbonyl (C=O) groups is 6. The Morgan fingerprint density at radius 2 is 1.26 bits per heavy atom. The fourth-order valence-corrected chi connectivity index (χ4v) is 7.72. The molecule has 18 heteroatoms. The maximum absolute atomic E-state index is 13.0. The van der Waals surface area contributed by atoms with Crippen LogP contribution in [0.5, 0.6) is 0 Å². The van der Waals surface area contributed by atoms with E-state index >= 15 is 0 Å². The number of esters is 1. The molecule has 4 amide bonds. The van der Waals surface area contributed by atoms with Crippen LogP contribution in [0.15, 0.2) is 73.6 Å². The van der Waals surface area contributed by atoms with Gasteiger partial charge < -0.3 is 54.1 Å². The molecule has 2 aromatic carbocycles. The largest absolute Gasteiger partial charge is 1.00 e. The molecule has 57 heavy (non-hydrogen) atoms. The number of fused-ring (bicyclic) bond motifs is 2. The van der Waals surface area contributed by atoms with Gasteiger partial charge in [-0.2, -0.15) is 0 Å². The van der Waals surface area contributed by atoms with Crippen molar-refractivity contribution in [3.63, 3.8) is 0 Å². The topological polar surface area (TPSA) is 249 Å². The van der Waals surface area contributed by atoms with E-state index in [2.05, 4.69) is 10.6 Å². The molecule has 4 aliphatic heterocycles. The summed E-state index contributed by atoms with van der Waals surface area (Å²) in [4.78, 5) is 87.1. The molecule has 2 saturated heterocycles. The van der Waals surface area contributed by atoms with Gasteiger partial charge in [0.15, 0.2) is 18.1 Å². The average Bonchev–Trinajstić information content (AvgIpc) is 3.81. The average molecular weight is 795 g/mol. The molecular formula is C39H39N4NaO13. The number of aliphatic carboxylic acids is 1. The molecule has 1 aromatic heterocycles. The number of amides is 4. The molecule has 0 radical (unpaired) electrons. The Bertz CT molecular complexity index is 2270. The molecule has 0 bridgehead atoms. The third-order valence-electron chi connectivity index (χ3n) is 10.4. The number of aryl methyl sites for hydroxylation is 1. The number of β-lactam (4-membered cyclic amide) rings is 2. The van der Waals surface area contributed by atoms with Crippen LogP contribution in [0, 0.1) is 18.8 Å². The second kappa shape index (κ2) is 17.0. The van der Waals surface area contributed by atoms with Gasteiger partial charge in [0.1, 0.15) is 5.70 Å². The van der Waals surface area contributed by atoms with Gasteiger partial charge in [-0.15, -0.1) is 0 Å². The minimum absolute atomic E-state index is 0. The minimum atomic E-state index is -1.43. The molecule has 5 heterocycles. The van der Waals surface area contributed by atoms with Gasteiger partial charge in [0.25, 0.3) is 11.8 Å². The molecule has 0 spiro atoms. The summed E-state index contributed by atoms with van der Waals surface area (Å²) in [6.45, 7) is 4.20. The molecule has 0 saturated carbocycles. The monoisotopic (exact) mass is 794 g/mol. The van der Waals surface area contributed by atoms with Gasteiger partial charge in [-0.1, -0.05) is 24.3 Å². The number of hydrogen-bond donors (Lipinski definition) is 4. The van der Waals surface area contributed by atoms with Crippen molar-refractivity contribution in [2.24, 2.45) is 11.8 Å². The summed E-state index contributed by atoms with van der Waals surface area (Å²) in [5.74, 6) is -5.47. The molecular weight excluding hydrogens is 755 g/mol. The molecule has 3 aromatic rings. The summed E-state index contributed by atoms with van der Waals surface area (Å²) >= 11 is 0. The van der Waals surface area contributed by atoms with Crippen LogP contribution in [0.1, 0.15) is 70.1 Å². The second-order valence-corrected chi connectivity index (χ2v) is 13.8. The van der Waals surface area contributed by atoms with E-state index < -0.39 is 53.8 Å². The zero-order valence-electron chi connectivity index (χ0n) is 32.0. The van der Waals surface area contributed by atoms with Gasteiger partial charge in [0.05, 0.1) is 47.8 Å². The van der Waals surface area contributed by atoms with E-state index in [0.717, 1.165) is 0 Å². The van der Waals surface area contributed by atoms with Gasteiger partial charge in [-0.25, -0.2) is 9.59 Å². The Balaban J connectivity index is 0.000000222. The van der Waals surface area contributed by atoms with Crippen LogP contribution >= 0.6 is 0 Å². The number of nitrogens with one attached hydrogen (secondary N) is 2. The van der Waals surface area contributed by atoms with Crippen molar-refractivity contribution in [2.45, 2.75) is 64.5 Å². The summed E-state index contributed by atoms with van der Waals surface area (Å²) < 4.78 is 14.9. The van der Waals surface area contributed by atoms with Crippen LogP contribution in [0.4, 0.5) is 0 Å². The van der Waals surface area contributed by atoms with Gasteiger partial charge in [0.2, 0.25) is 11.8 Å². The smallest absolute Gasteiger partial charge is 0.543 e. The van der Waals surface area contributed by atoms with Crippen LogP contribution in [0.3, 0.4) is 0 Å². The first-order chi connectivity index (χ1) is 26.6. The fourth-order valence-electron chi connectivity index (χ4n) is 7.72. The van der Waals surface area contributed by atoms with Crippen LogP contribution < -0.4 is 51.1 Å². The first-order valence-corrected chi connectivity index (χ1v) is 17.7. The summed E-state index contributed by atoms with van der Waals surface area (Å²) in [6, 6.07) is 12.5. The van der Waals surface area contributed by atoms with Crippen LogP contribution in [-0.4, -0.2) is 94.0 Å². The number of ether oxygens (including phenoxy) is 1. The molecule has 294 valence electrons. The Labute approximate surface area is 347 Å². The molecule has 4 N–H and O–H groups in total. The van der Waals surface area contributed by atoms with Crippen LogP contribution in [0.25, 0.3) is 11.1 Å². The standard InChI is InChI=1S/C22H22N2O8.C17H18N2O5.Na/c1-10(25)17-15-8-14(12-5-4-6-13(7-12)19(26)23-3)18(24(15)20(17)27)21(28)30-9-16-11(2)31-22(29)32-16;1-8(20)13-12-7-11(14(17(23)24)19(12)16(13)22)9-4-3-5-10(6-9)15(21)18-2;/h4-7,10,15,17,25H,8-9H2,1-3H3,(H,23,26);3-6,8,12-13,20H,7H2,1-2H3,(H,18,21)(H,23,24);/q;;+1/p-1/t10-,15-,17-;8-,12-,13-;/m11./s1. The maximum Gasteiger partial charge on any atom is 1.00 e. The number of aliphatic hydroxyl groups excluding tert-OH is 2. The number of carboxylic acid groups (broad SMARTS) is 1. The van der Waals surface area contributed by atoms with E-state index in [1.165, 1.54) is 44.7 Å². The van der Waals surface area contributed by atoms with Crippen molar-refractivity contribution >= 4 is 46.7 Å². The zero-order valence-corrected chi connectivity index (χ0v) is 34.0. The van der Waals surface area contributed by atoms with E-state index in [4.69, 9.17) is 13.6 Å². The summed E-state index contributed by atoms with van der Waals surface area (Å²) in [6.07, 6.45) is -1.09. The SMILES string of the molecule is CNC(=O)c1cccc(C2=C(C(=O)OCc3oc(=O)oc3C)N3C(=O)[C@H]([C@@H](C)O)[C@H]3C2)c1.CNC(=O)c1cccc(C2=C(C(=O)[O-])N3C(=O)[C@H]([C@@H](C)O)[C@H]3C2)c1.[Na+]. The van der Waals surface area contributed by atoms with Crippen molar-refractivity contribution in [1.29, 1.82) is 0 Å². The van der Waals surface area contributed by atoms with Crippen molar-refractivity contribution in [3.05, 3.63) is 104 Å². The number of carbonyl (C=O) groups excluding carboxylic acids is 6. The summed E-state index contributed by atoms with van der Waals surface area (Å²) in [5.41, 5.74) is 2.80. The number of nitrogens with zero attached hydrogens (tertiary/aromatic N) is 2. The number of benzene rings is 2. The number of aliphatic hydroxyl groups is 2. The molecule has 17 nitrogen and oxygen atoms in total. The number of carboxylic acids is 1. The first-order valence-electron chi connectivity index (χ1n) is 17.7. The molecule has 0 unspecified atom stereocenters. The van der Waals surface area contributed by atoms with Gasteiger partial charge in [0, 0.05) is 25.2 Å². The summed E-state index contributed by atoms with van der Waals surface area (Å²) in [5, 5.41) is 36.4. The number of rotatable bonds is 10. The predicted molar refractivity (Wildman–Crippen MR) is 191 cm³/mol. The summed E-state index contributed by atoms with van der Waals surface area (Å²) in [7, 11) is 3.02. The first kappa shape index (κ1) is 42.8. The van der Waals surface area contributed by atoms with Crippen LogP contribution in [-0.2, 0) is 30.5 Å². The number of hydrogen-bond acceptors (Lipinski definition) is 13. The molecule has 0 aliphatic carbocycles. The van der Waals surface area contributed by atoms with Gasteiger partial charge >= 0.3 is 41.3 Å². The van der Waals surface area contributed by atoms with Crippen molar-refractivity contribution in [3.8, 4) is 0 Å². The third-order valence-corrected chi connectivity index (χ3v) is 10.4. The Morgan fingerprint density at radius 1 is 0.807 bits per heavy atom. The Kier molecular flexibility index (Phi) is 12.8. The van der Waals surface area contributed by atoms with E-state index in [-0.39, 0.29) is 82.8 Å². The normalized spacial score (nSPS) is 21.5. The maximum atomic E-state index is 13.0. The molecule has 6 atom stereocenters. The minimum Gasteiger partial charge on any atom is -0.543 e. The van der Waals surface area contributed by atoms with Crippen LogP contribution in [0.2, 0.25) is 0 Å². The van der Waals surface area contributed by atoms with E-state index in [1.54, 1.807) is 48.5 Å². The Morgan fingerprint density at radius 3 is 1.67 bits per heavy atom. The zero-order chi connectivity index (χ0) is 40.7.